The first-order chi connectivity index (χ1) is 13.4. The summed E-state index contributed by atoms with van der Waals surface area (Å²) in [6.07, 6.45) is -5.67. The van der Waals surface area contributed by atoms with Gasteiger partial charge in [-0.2, -0.15) is 0 Å². The largest absolute Gasteiger partial charge is 0.508 e. The van der Waals surface area contributed by atoms with Crippen LogP contribution in [0.4, 0.5) is 0 Å². The van der Waals surface area contributed by atoms with Gasteiger partial charge in [-0.1, -0.05) is 12.1 Å². The van der Waals surface area contributed by atoms with Crippen LogP contribution in [-0.2, 0) is 17.6 Å². The van der Waals surface area contributed by atoms with Crippen molar-refractivity contribution in [1.29, 1.82) is 0 Å². The van der Waals surface area contributed by atoms with Crippen molar-refractivity contribution in [2.24, 2.45) is 0 Å². The van der Waals surface area contributed by atoms with Crippen LogP contribution in [0.2, 0.25) is 0 Å². The predicted octanol–water partition coefficient (Wildman–Crippen LogP) is 0.0617. The van der Waals surface area contributed by atoms with Gasteiger partial charge in [0.1, 0.15) is 41.7 Å². The molecule has 6 N–H and O–H groups in total. The lowest BCUT2D eigenvalue weighted by molar-refractivity contribution is -0.277. The van der Waals surface area contributed by atoms with E-state index >= 15 is 0 Å². The molecule has 8 heteroatoms. The number of ether oxygens (including phenoxy) is 2. The van der Waals surface area contributed by atoms with E-state index < -0.39 is 37.3 Å². The first-order valence-corrected chi connectivity index (χ1v) is 8.95. The zero-order valence-electron chi connectivity index (χ0n) is 15.0. The van der Waals surface area contributed by atoms with Gasteiger partial charge in [0.2, 0.25) is 6.29 Å². The molecule has 8 nitrogen and oxygen atoms in total. The number of aryl methyl sites for hydroxylation is 2. The molecule has 0 unspecified atom stereocenters. The topological polar surface area (TPSA) is 140 Å². The molecular weight excluding hydrogens is 368 g/mol. The molecule has 1 saturated heterocycles. The van der Waals surface area contributed by atoms with Crippen molar-refractivity contribution in [1.82, 2.24) is 0 Å². The molecule has 5 atom stereocenters. The van der Waals surface area contributed by atoms with Crippen molar-refractivity contribution < 1.29 is 40.1 Å². The Morgan fingerprint density at radius 3 is 2.14 bits per heavy atom. The highest BCUT2D eigenvalue weighted by atomic mass is 16.7. The van der Waals surface area contributed by atoms with Gasteiger partial charge < -0.3 is 40.1 Å². The Hall–Kier alpha value is -2.36. The van der Waals surface area contributed by atoms with E-state index in [0.29, 0.717) is 12.8 Å². The Kier molecular flexibility index (Phi) is 6.38. The van der Waals surface area contributed by atoms with Gasteiger partial charge in [-0.05, 0) is 48.2 Å². The second kappa shape index (κ2) is 8.76. The van der Waals surface area contributed by atoms with E-state index in [-0.39, 0.29) is 17.2 Å². The Morgan fingerprint density at radius 1 is 0.786 bits per heavy atom. The molecule has 0 bridgehead atoms. The average Bonchev–Trinajstić information content (AvgIpc) is 2.67. The molecule has 0 aliphatic carbocycles. The number of aliphatic hydroxyl groups is 4. The molecule has 0 saturated carbocycles. The summed E-state index contributed by atoms with van der Waals surface area (Å²) in [6, 6.07) is 11.4. The number of phenols is 2. The summed E-state index contributed by atoms with van der Waals surface area (Å²) in [5.74, 6) is 0.365. The minimum atomic E-state index is -1.54. The van der Waals surface area contributed by atoms with Crippen LogP contribution < -0.4 is 4.74 Å². The van der Waals surface area contributed by atoms with E-state index in [9.17, 15) is 30.6 Å². The molecule has 2 aromatic rings. The molecular formula is C20H24O8. The van der Waals surface area contributed by atoms with Gasteiger partial charge in [0.25, 0.3) is 0 Å². The summed E-state index contributed by atoms with van der Waals surface area (Å²) in [7, 11) is 0. The first-order valence-electron chi connectivity index (χ1n) is 8.95. The van der Waals surface area contributed by atoms with Crippen LogP contribution in [0.3, 0.4) is 0 Å². The number of rotatable bonds is 6. The molecule has 1 heterocycles. The van der Waals surface area contributed by atoms with Crippen LogP contribution in [-0.4, -0.2) is 68.0 Å². The minimum Gasteiger partial charge on any atom is -0.508 e. The van der Waals surface area contributed by atoms with Crippen molar-refractivity contribution in [2.75, 3.05) is 6.61 Å². The number of benzene rings is 2. The number of aliphatic hydroxyl groups excluding tert-OH is 4. The van der Waals surface area contributed by atoms with Gasteiger partial charge in [-0.3, -0.25) is 0 Å². The van der Waals surface area contributed by atoms with Crippen molar-refractivity contribution in [3.8, 4) is 17.2 Å². The molecule has 0 amide bonds. The maximum absolute atomic E-state index is 10.1. The van der Waals surface area contributed by atoms with Gasteiger partial charge in [-0.15, -0.1) is 0 Å². The summed E-state index contributed by atoms with van der Waals surface area (Å²) in [6.45, 7) is -0.553. The fourth-order valence-corrected chi connectivity index (χ4v) is 3.11. The molecule has 1 aliphatic rings. The summed E-state index contributed by atoms with van der Waals surface area (Å²) < 4.78 is 10.9. The molecule has 0 aromatic heterocycles. The predicted molar refractivity (Wildman–Crippen MR) is 98.0 cm³/mol. The van der Waals surface area contributed by atoms with E-state index in [0.717, 1.165) is 11.1 Å². The average molecular weight is 392 g/mol. The van der Waals surface area contributed by atoms with Crippen LogP contribution in [0.25, 0.3) is 0 Å². The first kappa shape index (κ1) is 20.4. The van der Waals surface area contributed by atoms with E-state index in [2.05, 4.69) is 0 Å². The van der Waals surface area contributed by atoms with E-state index in [1.165, 1.54) is 6.07 Å². The fourth-order valence-electron chi connectivity index (χ4n) is 3.11. The Morgan fingerprint density at radius 2 is 1.46 bits per heavy atom. The lowest BCUT2D eigenvalue weighted by Crippen LogP contribution is -2.60. The third kappa shape index (κ3) is 4.73. The lowest BCUT2D eigenvalue weighted by atomic mass is 9.99. The molecule has 2 aromatic carbocycles. The van der Waals surface area contributed by atoms with Crippen molar-refractivity contribution in [3.05, 3.63) is 53.6 Å². The lowest BCUT2D eigenvalue weighted by Gasteiger charge is -2.39. The summed E-state index contributed by atoms with van der Waals surface area (Å²) in [5.41, 5.74) is 1.78. The number of phenolic OH excluding ortho intramolecular Hbond substituents is 2. The molecule has 28 heavy (non-hydrogen) atoms. The second-order valence-electron chi connectivity index (χ2n) is 6.82. The van der Waals surface area contributed by atoms with Crippen LogP contribution in [0.1, 0.15) is 11.1 Å². The third-order valence-electron chi connectivity index (χ3n) is 4.69. The highest BCUT2D eigenvalue weighted by Crippen LogP contribution is 2.28. The Balaban J connectivity index is 1.69. The van der Waals surface area contributed by atoms with Crippen molar-refractivity contribution in [2.45, 2.75) is 43.5 Å². The Bertz CT molecular complexity index is 776. The van der Waals surface area contributed by atoms with Gasteiger partial charge in [-0.25, -0.2) is 0 Å². The second-order valence-corrected chi connectivity index (χ2v) is 6.82. The van der Waals surface area contributed by atoms with Crippen LogP contribution in [0.5, 0.6) is 17.2 Å². The van der Waals surface area contributed by atoms with Crippen molar-refractivity contribution in [3.63, 3.8) is 0 Å². The van der Waals surface area contributed by atoms with E-state index in [4.69, 9.17) is 9.47 Å². The third-order valence-corrected chi connectivity index (χ3v) is 4.69. The zero-order chi connectivity index (χ0) is 20.3. The van der Waals surface area contributed by atoms with Gasteiger partial charge in [0, 0.05) is 6.07 Å². The smallest absolute Gasteiger partial charge is 0.229 e. The fraction of sp³-hybridized carbons (Fsp3) is 0.400. The summed E-state index contributed by atoms with van der Waals surface area (Å²) >= 11 is 0. The number of aromatic hydroxyl groups is 2. The van der Waals surface area contributed by atoms with Crippen LogP contribution >= 0.6 is 0 Å². The van der Waals surface area contributed by atoms with Crippen molar-refractivity contribution >= 4 is 0 Å². The summed E-state index contributed by atoms with van der Waals surface area (Å²) in [5, 5.41) is 58.3. The maximum atomic E-state index is 10.1. The molecule has 152 valence electrons. The SMILES string of the molecule is OC[C@H]1O[C@@H](Oc2cc(O)cc(CCc3ccc(O)cc3)c2)[C@H](O)[C@@H](O)[C@@H]1O. The van der Waals surface area contributed by atoms with Gasteiger partial charge >= 0.3 is 0 Å². The number of hydrogen-bond donors (Lipinski definition) is 6. The molecule has 0 spiro atoms. The molecule has 1 fully saturated rings. The van der Waals surface area contributed by atoms with Gasteiger partial charge in [0.15, 0.2) is 0 Å². The Labute approximate surface area is 161 Å². The summed E-state index contributed by atoms with van der Waals surface area (Å²) in [4.78, 5) is 0. The number of hydrogen-bond acceptors (Lipinski definition) is 8. The van der Waals surface area contributed by atoms with E-state index in [1.54, 1.807) is 24.3 Å². The van der Waals surface area contributed by atoms with Crippen LogP contribution in [0, 0.1) is 0 Å². The maximum Gasteiger partial charge on any atom is 0.229 e. The van der Waals surface area contributed by atoms with E-state index in [1.807, 2.05) is 12.1 Å². The minimum absolute atomic E-state index is 0.0391. The highest BCUT2D eigenvalue weighted by Gasteiger charge is 2.44. The molecule has 3 rings (SSSR count). The quantitative estimate of drug-likeness (QED) is 0.406. The monoisotopic (exact) mass is 392 g/mol. The standard InChI is InChI=1S/C20H24O8/c21-10-16-17(24)18(25)19(26)20(28-16)27-15-8-12(7-14(23)9-15)2-1-11-3-5-13(22)6-4-11/h3-9,16-26H,1-2,10H2/t16-,17-,18+,19-,20-/m1/s1. The van der Waals surface area contributed by atoms with Gasteiger partial charge in [0.05, 0.1) is 6.61 Å². The zero-order valence-corrected chi connectivity index (χ0v) is 15.0. The van der Waals surface area contributed by atoms with Crippen LogP contribution in [0.15, 0.2) is 42.5 Å². The molecule has 1 aliphatic heterocycles. The highest BCUT2D eigenvalue weighted by molar-refractivity contribution is 5.38. The normalized spacial score (nSPS) is 27.5. The molecule has 0 radical (unpaired) electrons.